The molecule has 2 aromatic heterocycles. The summed E-state index contributed by atoms with van der Waals surface area (Å²) in [6, 6.07) is 3.63. The molecule has 2 rings (SSSR count). The summed E-state index contributed by atoms with van der Waals surface area (Å²) in [6.45, 7) is 10.7. The van der Waals surface area contributed by atoms with Crippen molar-refractivity contribution in [2.45, 2.75) is 33.7 Å². The van der Waals surface area contributed by atoms with E-state index in [1.54, 1.807) is 0 Å². The summed E-state index contributed by atoms with van der Waals surface area (Å²) in [4.78, 5) is 11.1. The topological polar surface area (TPSA) is 81.1 Å². The Morgan fingerprint density at radius 3 is 2.52 bits per heavy atom. The van der Waals surface area contributed by atoms with Crippen LogP contribution in [0.15, 0.2) is 16.7 Å². The van der Waals surface area contributed by atoms with Crippen LogP contribution >= 0.6 is 0 Å². The summed E-state index contributed by atoms with van der Waals surface area (Å²) >= 11 is 0. The average Bonchev–Trinajstić information content (AvgIpc) is 2.94. The van der Waals surface area contributed by atoms with E-state index >= 15 is 0 Å². The molecule has 2 heterocycles. The van der Waals surface area contributed by atoms with Gasteiger partial charge in [-0.05, 0) is 39.1 Å². The van der Waals surface area contributed by atoms with E-state index in [1.807, 2.05) is 26.0 Å². The van der Waals surface area contributed by atoms with Crippen LogP contribution in [0.1, 0.15) is 37.1 Å². The zero-order valence-corrected chi connectivity index (χ0v) is 13.1. The molecular formula is C15H23N5O. The van der Waals surface area contributed by atoms with E-state index in [-0.39, 0.29) is 6.04 Å². The molecule has 0 saturated carbocycles. The largest absolute Gasteiger partial charge is 0.334 e. The lowest BCUT2D eigenvalue weighted by molar-refractivity contribution is 0.278. The maximum Gasteiger partial charge on any atom is 0.259 e. The Morgan fingerprint density at radius 1 is 1.19 bits per heavy atom. The molecule has 1 unspecified atom stereocenters. The van der Waals surface area contributed by atoms with Crippen LogP contribution in [-0.2, 0) is 0 Å². The Labute approximate surface area is 125 Å². The lowest BCUT2D eigenvalue weighted by Gasteiger charge is -2.20. The lowest BCUT2D eigenvalue weighted by Crippen LogP contribution is -2.32. The molecular weight excluding hydrogens is 266 g/mol. The second-order valence-electron chi connectivity index (χ2n) is 5.14. The van der Waals surface area contributed by atoms with E-state index in [0.29, 0.717) is 11.7 Å². The highest BCUT2D eigenvalue weighted by Gasteiger charge is 2.18. The van der Waals surface area contributed by atoms with Crippen molar-refractivity contribution < 1.29 is 4.52 Å². The number of hydrogen-bond donors (Lipinski definition) is 1. The predicted octanol–water partition coefficient (Wildman–Crippen LogP) is 2.09. The Balaban J connectivity index is 2.17. The van der Waals surface area contributed by atoms with Crippen molar-refractivity contribution in [3.05, 3.63) is 29.3 Å². The molecule has 0 aromatic carbocycles. The fourth-order valence-electron chi connectivity index (χ4n) is 2.25. The van der Waals surface area contributed by atoms with Gasteiger partial charge in [-0.15, -0.1) is 0 Å². The normalized spacial score (nSPS) is 12.9. The second kappa shape index (κ2) is 6.78. The monoisotopic (exact) mass is 289 g/mol. The lowest BCUT2D eigenvalue weighted by atomic mass is 10.2. The fraction of sp³-hybridized carbons (Fsp3) is 0.533. The van der Waals surface area contributed by atoms with Gasteiger partial charge < -0.3 is 15.2 Å². The van der Waals surface area contributed by atoms with Crippen molar-refractivity contribution in [3.63, 3.8) is 0 Å². The van der Waals surface area contributed by atoms with Gasteiger partial charge in [-0.2, -0.15) is 4.98 Å². The molecule has 6 heteroatoms. The summed E-state index contributed by atoms with van der Waals surface area (Å²) in [6.07, 6.45) is 0. The average molecular weight is 289 g/mol. The predicted molar refractivity (Wildman–Crippen MR) is 81.7 cm³/mol. The number of rotatable bonds is 6. The summed E-state index contributed by atoms with van der Waals surface area (Å²) < 4.78 is 5.34. The van der Waals surface area contributed by atoms with Crippen LogP contribution in [0.25, 0.3) is 11.5 Å². The third-order valence-corrected chi connectivity index (χ3v) is 3.58. The van der Waals surface area contributed by atoms with Gasteiger partial charge in [-0.1, -0.05) is 19.0 Å². The van der Waals surface area contributed by atoms with Gasteiger partial charge >= 0.3 is 0 Å². The molecule has 0 fully saturated rings. The van der Waals surface area contributed by atoms with Crippen LogP contribution in [0.2, 0.25) is 0 Å². The molecule has 0 saturated heterocycles. The number of aromatic nitrogens is 3. The summed E-state index contributed by atoms with van der Waals surface area (Å²) in [5.74, 6) is 1.02. The van der Waals surface area contributed by atoms with E-state index < -0.39 is 0 Å². The Morgan fingerprint density at radius 2 is 1.90 bits per heavy atom. The van der Waals surface area contributed by atoms with E-state index in [2.05, 4.69) is 33.9 Å². The maximum atomic E-state index is 6.16. The van der Waals surface area contributed by atoms with Crippen LogP contribution in [0, 0.1) is 13.8 Å². The molecule has 2 aromatic rings. The first kappa shape index (κ1) is 15.6. The van der Waals surface area contributed by atoms with Gasteiger partial charge in [0.1, 0.15) is 0 Å². The zero-order valence-electron chi connectivity index (χ0n) is 13.1. The van der Waals surface area contributed by atoms with Gasteiger partial charge in [0.05, 0.1) is 17.3 Å². The molecule has 0 bridgehead atoms. The molecule has 0 spiro atoms. The van der Waals surface area contributed by atoms with Gasteiger partial charge in [-0.3, -0.25) is 4.98 Å². The van der Waals surface area contributed by atoms with Crippen LogP contribution in [0.4, 0.5) is 0 Å². The van der Waals surface area contributed by atoms with Crippen LogP contribution in [0.5, 0.6) is 0 Å². The Hall–Kier alpha value is -1.79. The van der Waals surface area contributed by atoms with Crippen LogP contribution < -0.4 is 5.73 Å². The third-order valence-electron chi connectivity index (χ3n) is 3.58. The number of hydrogen-bond acceptors (Lipinski definition) is 6. The van der Waals surface area contributed by atoms with E-state index in [9.17, 15) is 0 Å². The quantitative estimate of drug-likeness (QED) is 0.877. The molecule has 0 aliphatic carbocycles. The van der Waals surface area contributed by atoms with Gasteiger partial charge in [-0.25, -0.2) is 0 Å². The molecule has 1 atom stereocenters. The van der Waals surface area contributed by atoms with E-state index in [0.717, 1.165) is 36.6 Å². The molecule has 6 nitrogen and oxygen atoms in total. The number of nitrogens with zero attached hydrogens (tertiary/aromatic N) is 4. The van der Waals surface area contributed by atoms with Crippen molar-refractivity contribution in [3.8, 4) is 11.5 Å². The first-order valence-electron chi connectivity index (χ1n) is 7.31. The van der Waals surface area contributed by atoms with Crippen molar-refractivity contribution >= 4 is 0 Å². The minimum absolute atomic E-state index is 0.249. The highest BCUT2D eigenvalue weighted by molar-refractivity contribution is 5.55. The van der Waals surface area contributed by atoms with E-state index in [1.165, 1.54) is 0 Å². The van der Waals surface area contributed by atoms with Crippen molar-refractivity contribution in [2.24, 2.45) is 5.73 Å². The number of pyridine rings is 1. The van der Waals surface area contributed by atoms with Gasteiger partial charge in [0.25, 0.3) is 5.89 Å². The maximum absolute atomic E-state index is 6.16. The second-order valence-corrected chi connectivity index (χ2v) is 5.14. The number of nitrogens with two attached hydrogens (primary N) is 1. The third kappa shape index (κ3) is 3.65. The molecule has 0 amide bonds. The molecule has 0 aliphatic heterocycles. The number of aryl methyl sites for hydroxylation is 2. The molecule has 21 heavy (non-hydrogen) atoms. The minimum Gasteiger partial charge on any atom is -0.334 e. The standard InChI is InChI=1S/C15H23N5O/c1-5-20(6-2)9-13(16)14-18-15(21-19-14)12-8-7-10(3)17-11(12)4/h7-8,13H,5-6,9,16H2,1-4H3. The Kier molecular flexibility index (Phi) is 5.03. The molecule has 114 valence electrons. The SMILES string of the molecule is CCN(CC)CC(N)c1noc(-c2ccc(C)nc2C)n1. The smallest absolute Gasteiger partial charge is 0.259 e. The van der Waals surface area contributed by atoms with Crippen LogP contribution in [-0.4, -0.2) is 39.7 Å². The molecule has 2 N–H and O–H groups in total. The molecule has 0 radical (unpaired) electrons. The molecule has 0 aliphatic rings. The summed E-state index contributed by atoms with van der Waals surface area (Å²) in [5, 5.41) is 4.01. The van der Waals surface area contributed by atoms with Gasteiger partial charge in [0, 0.05) is 12.2 Å². The highest BCUT2D eigenvalue weighted by Crippen LogP contribution is 2.21. The van der Waals surface area contributed by atoms with Gasteiger partial charge in [0.15, 0.2) is 5.82 Å². The Bertz CT molecular complexity index is 591. The van der Waals surface area contributed by atoms with Crippen molar-refractivity contribution in [1.82, 2.24) is 20.0 Å². The zero-order chi connectivity index (χ0) is 15.4. The fourth-order valence-corrected chi connectivity index (χ4v) is 2.25. The first-order valence-corrected chi connectivity index (χ1v) is 7.31. The number of likely N-dealkylation sites (N-methyl/N-ethyl adjacent to an activating group) is 1. The van der Waals surface area contributed by atoms with E-state index in [4.69, 9.17) is 10.3 Å². The first-order chi connectivity index (χ1) is 10.0. The van der Waals surface area contributed by atoms with Crippen LogP contribution in [0.3, 0.4) is 0 Å². The van der Waals surface area contributed by atoms with Crippen molar-refractivity contribution in [2.75, 3.05) is 19.6 Å². The summed E-state index contributed by atoms with van der Waals surface area (Å²) in [5.41, 5.74) is 8.86. The van der Waals surface area contributed by atoms with Gasteiger partial charge in [0.2, 0.25) is 0 Å². The van der Waals surface area contributed by atoms with Crippen molar-refractivity contribution in [1.29, 1.82) is 0 Å². The minimum atomic E-state index is -0.249. The highest BCUT2D eigenvalue weighted by atomic mass is 16.5. The summed E-state index contributed by atoms with van der Waals surface area (Å²) in [7, 11) is 0.